The average molecular weight is 401 g/mol. The smallest absolute Gasteiger partial charge is 0.251 e. The Labute approximate surface area is 171 Å². The summed E-state index contributed by atoms with van der Waals surface area (Å²) in [5, 5.41) is 6.49. The number of rotatable bonds is 7. The van der Waals surface area contributed by atoms with Crippen LogP contribution in [0.15, 0.2) is 36.4 Å². The van der Waals surface area contributed by atoms with Crippen LogP contribution < -0.4 is 10.6 Å². The molecular formula is C24H30F2N2O. The van der Waals surface area contributed by atoms with Crippen LogP contribution in [0.3, 0.4) is 0 Å². The zero-order valence-electron chi connectivity index (χ0n) is 17.2. The zero-order chi connectivity index (χ0) is 20.8. The van der Waals surface area contributed by atoms with E-state index in [-0.39, 0.29) is 11.7 Å². The number of hydrogen-bond donors (Lipinski definition) is 2. The van der Waals surface area contributed by atoms with E-state index in [0.717, 1.165) is 42.4 Å². The van der Waals surface area contributed by atoms with Gasteiger partial charge in [-0.25, -0.2) is 8.78 Å². The Morgan fingerprint density at radius 3 is 2.55 bits per heavy atom. The molecule has 1 saturated carbocycles. The lowest BCUT2D eigenvalue weighted by molar-refractivity contribution is 0.0942. The summed E-state index contributed by atoms with van der Waals surface area (Å²) in [4.78, 5) is 12.4. The Hall–Kier alpha value is -2.27. The summed E-state index contributed by atoms with van der Waals surface area (Å²) >= 11 is 0. The molecule has 0 spiro atoms. The van der Waals surface area contributed by atoms with Crippen LogP contribution in [0.4, 0.5) is 8.78 Å². The van der Waals surface area contributed by atoms with Crippen molar-refractivity contribution in [2.75, 3.05) is 6.54 Å². The van der Waals surface area contributed by atoms with E-state index in [9.17, 15) is 13.6 Å². The summed E-state index contributed by atoms with van der Waals surface area (Å²) in [7, 11) is 0. The van der Waals surface area contributed by atoms with Crippen molar-refractivity contribution < 1.29 is 13.6 Å². The summed E-state index contributed by atoms with van der Waals surface area (Å²) in [5.41, 5.74) is 3.66. The van der Waals surface area contributed by atoms with Crippen molar-refractivity contribution >= 4 is 5.91 Å². The fourth-order valence-corrected chi connectivity index (χ4v) is 4.12. The number of nitrogens with one attached hydrogen (secondary N) is 2. The number of alkyl halides is 1. The molecule has 3 nitrogen and oxygen atoms in total. The number of carbonyl (C=O) groups excluding carboxylic acids is 1. The molecular weight excluding hydrogens is 370 g/mol. The first kappa shape index (κ1) is 21.4. The van der Waals surface area contributed by atoms with Gasteiger partial charge in [-0.15, -0.1) is 0 Å². The van der Waals surface area contributed by atoms with Crippen LogP contribution in [0, 0.1) is 25.6 Å². The van der Waals surface area contributed by atoms with E-state index in [4.69, 9.17) is 0 Å². The van der Waals surface area contributed by atoms with E-state index in [1.165, 1.54) is 6.07 Å². The predicted octanol–water partition coefficient (Wildman–Crippen LogP) is 4.99. The highest BCUT2D eigenvalue weighted by molar-refractivity contribution is 5.94. The minimum Gasteiger partial charge on any atom is -0.352 e. The van der Waals surface area contributed by atoms with Crippen LogP contribution in [0.25, 0.3) is 0 Å². The van der Waals surface area contributed by atoms with Gasteiger partial charge in [-0.1, -0.05) is 18.2 Å². The van der Waals surface area contributed by atoms with Crippen molar-refractivity contribution in [2.45, 2.75) is 58.8 Å². The molecule has 5 heteroatoms. The summed E-state index contributed by atoms with van der Waals surface area (Å²) in [6.45, 7) is 4.43. The van der Waals surface area contributed by atoms with Crippen LogP contribution >= 0.6 is 0 Å². The van der Waals surface area contributed by atoms with E-state index >= 15 is 0 Å². The maximum absolute atomic E-state index is 14.0. The van der Waals surface area contributed by atoms with Gasteiger partial charge in [0.25, 0.3) is 5.91 Å². The van der Waals surface area contributed by atoms with Gasteiger partial charge in [0.2, 0.25) is 0 Å². The van der Waals surface area contributed by atoms with Crippen molar-refractivity contribution in [3.63, 3.8) is 0 Å². The molecule has 0 bridgehead atoms. The van der Waals surface area contributed by atoms with Gasteiger partial charge in [-0.2, -0.15) is 0 Å². The lowest BCUT2D eigenvalue weighted by Crippen LogP contribution is -2.37. The molecule has 1 aliphatic carbocycles. The van der Waals surface area contributed by atoms with E-state index in [0.29, 0.717) is 36.2 Å². The third-order valence-corrected chi connectivity index (χ3v) is 5.87. The highest BCUT2D eigenvalue weighted by Gasteiger charge is 2.22. The molecule has 1 fully saturated rings. The van der Waals surface area contributed by atoms with Crippen LogP contribution in [-0.4, -0.2) is 18.5 Å². The third-order valence-electron chi connectivity index (χ3n) is 5.87. The first-order valence-electron chi connectivity index (χ1n) is 10.4. The molecule has 2 aromatic rings. The van der Waals surface area contributed by atoms with E-state index in [1.54, 1.807) is 24.3 Å². The molecule has 0 aromatic heterocycles. The van der Waals surface area contributed by atoms with Crippen molar-refractivity contribution in [2.24, 2.45) is 5.92 Å². The average Bonchev–Trinajstić information content (AvgIpc) is 2.72. The van der Waals surface area contributed by atoms with Crippen molar-refractivity contribution in [3.05, 3.63) is 70.0 Å². The van der Waals surface area contributed by atoms with Crippen LogP contribution in [0.5, 0.6) is 0 Å². The summed E-state index contributed by atoms with van der Waals surface area (Å²) < 4.78 is 26.9. The Bertz CT molecular complexity index is 825. The monoisotopic (exact) mass is 400 g/mol. The van der Waals surface area contributed by atoms with Gasteiger partial charge in [0.05, 0.1) is 0 Å². The fraction of sp³-hybridized carbons (Fsp3) is 0.458. The molecule has 29 heavy (non-hydrogen) atoms. The molecule has 2 aromatic carbocycles. The van der Waals surface area contributed by atoms with Gasteiger partial charge in [0.15, 0.2) is 0 Å². The van der Waals surface area contributed by atoms with Gasteiger partial charge in [-0.3, -0.25) is 4.79 Å². The first-order valence-corrected chi connectivity index (χ1v) is 10.4. The minimum absolute atomic E-state index is 0.140. The van der Waals surface area contributed by atoms with Crippen LogP contribution in [-0.2, 0) is 13.2 Å². The molecule has 0 saturated heterocycles. The molecule has 1 amide bonds. The van der Waals surface area contributed by atoms with E-state index in [2.05, 4.69) is 10.6 Å². The SMILES string of the molecule is Cc1cc(CF)cc(C(=O)NCC2CCC(NCc3c(C)cccc3F)CC2)c1. The van der Waals surface area contributed by atoms with Gasteiger partial charge in [0, 0.05) is 30.3 Å². The van der Waals surface area contributed by atoms with Gasteiger partial charge in [-0.05, 0) is 80.3 Å². The zero-order valence-corrected chi connectivity index (χ0v) is 17.2. The second-order valence-electron chi connectivity index (χ2n) is 8.18. The number of carbonyl (C=O) groups is 1. The lowest BCUT2D eigenvalue weighted by Gasteiger charge is -2.29. The molecule has 0 heterocycles. The largest absolute Gasteiger partial charge is 0.352 e. The van der Waals surface area contributed by atoms with Gasteiger partial charge >= 0.3 is 0 Å². The standard InChI is InChI=1S/C24H30F2N2O/c1-16-10-19(13-25)12-20(11-16)24(29)28-14-18-6-8-21(9-7-18)27-15-22-17(2)4-3-5-23(22)26/h3-5,10-12,18,21,27H,6-9,13-15H2,1-2H3,(H,28,29). The van der Waals surface area contributed by atoms with Crippen LogP contribution in [0.2, 0.25) is 0 Å². The molecule has 156 valence electrons. The Kier molecular flexibility index (Phi) is 7.37. The molecule has 0 atom stereocenters. The minimum atomic E-state index is -0.564. The van der Waals surface area contributed by atoms with E-state index in [1.807, 2.05) is 19.9 Å². The second-order valence-corrected chi connectivity index (χ2v) is 8.18. The number of hydrogen-bond acceptors (Lipinski definition) is 2. The highest BCUT2D eigenvalue weighted by Crippen LogP contribution is 2.24. The maximum Gasteiger partial charge on any atom is 0.251 e. The van der Waals surface area contributed by atoms with Gasteiger partial charge < -0.3 is 10.6 Å². The number of benzene rings is 2. The Balaban J connectivity index is 1.43. The first-order chi connectivity index (χ1) is 14.0. The Morgan fingerprint density at radius 1 is 1.10 bits per heavy atom. The second kappa shape index (κ2) is 9.97. The summed E-state index contributed by atoms with van der Waals surface area (Å²) in [6, 6.07) is 10.7. The lowest BCUT2D eigenvalue weighted by atomic mass is 9.86. The molecule has 0 unspecified atom stereocenters. The maximum atomic E-state index is 14.0. The molecule has 3 rings (SSSR count). The van der Waals surface area contributed by atoms with Crippen molar-refractivity contribution in [1.29, 1.82) is 0 Å². The molecule has 1 aliphatic rings. The van der Waals surface area contributed by atoms with Crippen molar-refractivity contribution in [1.82, 2.24) is 10.6 Å². The Morgan fingerprint density at radius 2 is 1.86 bits per heavy atom. The molecule has 0 aliphatic heterocycles. The number of aryl methyl sites for hydroxylation is 2. The van der Waals surface area contributed by atoms with Gasteiger partial charge in [0.1, 0.15) is 12.5 Å². The quantitative estimate of drug-likeness (QED) is 0.687. The number of amides is 1. The van der Waals surface area contributed by atoms with Crippen molar-refractivity contribution in [3.8, 4) is 0 Å². The van der Waals surface area contributed by atoms with E-state index < -0.39 is 6.67 Å². The molecule has 0 radical (unpaired) electrons. The predicted molar refractivity (Wildman–Crippen MR) is 112 cm³/mol. The van der Waals surface area contributed by atoms with Crippen LogP contribution in [0.1, 0.15) is 58.3 Å². The fourth-order valence-electron chi connectivity index (χ4n) is 4.12. The normalized spacial score (nSPS) is 19.2. The number of halogens is 2. The summed E-state index contributed by atoms with van der Waals surface area (Å²) in [5.74, 6) is 0.150. The molecule has 2 N–H and O–H groups in total. The summed E-state index contributed by atoms with van der Waals surface area (Å²) in [6.07, 6.45) is 4.09. The topological polar surface area (TPSA) is 41.1 Å². The highest BCUT2D eigenvalue weighted by atomic mass is 19.1. The third kappa shape index (κ3) is 5.86.